The zero-order valence-electron chi connectivity index (χ0n) is 20.6. The molecule has 0 saturated carbocycles. The molecule has 1 fully saturated rings. The molecule has 1 aromatic heterocycles. The van der Waals surface area contributed by atoms with Crippen LogP contribution in [0.3, 0.4) is 0 Å². The summed E-state index contributed by atoms with van der Waals surface area (Å²) in [6, 6.07) is 8.62. The lowest BCUT2D eigenvalue weighted by Gasteiger charge is -2.51. The number of pyridine rings is 1. The van der Waals surface area contributed by atoms with Gasteiger partial charge < -0.3 is 24.4 Å². The van der Waals surface area contributed by atoms with E-state index in [2.05, 4.69) is 0 Å². The van der Waals surface area contributed by atoms with Crippen molar-refractivity contribution in [3.63, 3.8) is 0 Å². The van der Waals surface area contributed by atoms with Gasteiger partial charge in [0.05, 0.1) is 25.4 Å². The number of amides is 1. The molecule has 0 bridgehead atoms. The van der Waals surface area contributed by atoms with Gasteiger partial charge in [-0.25, -0.2) is 8.78 Å². The Bertz CT molecular complexity index is 1590. The molecular weight excluding hydrogens is 498 g/mol. The molecule has 1 saturated heterocycles. The van der Waals surface area contributed by atoms with Crippen molar-refractivity contribution >= 4 is 11.6 Å². The number of hydrogen-bond acceptors (Lipinski definition) is 7. The number of carbonyl (C=O) groups is 1. The van der Waals surface area contributed by atoms with Gasteiger partial charge in [0.2, 0.25) is 5.43 Å². The van der Waals surface area contributed by atoms with Crippen LogP contribution in [0.25, 0.3) is 0 Å². The summed E-state index contributed by atoms with van der Waals surface area (Å²) in [6.07, 6.45) is 0.766. The Labute approximate surface area is 216 Å². The molecule has 1 N–H and O–H groups in total. The number of ether oxygens (including phenoxy) is 2. The third-order valence-electron chi connectivity index (χ3n) is 7.89. The lowest BCUT2D eigenvalue weighted by molar-refractivity contribution is -0.0196. The number of carbonyl (C=O) groups excluding carboxylic acids is 1. The van der Waals surface area contributed by atoms with Gasteiger partial charge in [0.15, 0.2) is 28.8 Å². The molecule has 2 unspecified atom stereocenters. The minimum Gasteiger partial charge on any atom is -0.502 e. The van der Waals surface area contributed by atoms with Crippen molar-refractivity contribution in [2.24, 2.45) is 0 Å². The van der Waals surface area contributed by atoms with Crippen LogP contribution in [0.15, 0.2) is 47.4 Å². The van der Waals surface area contributed by atoms with Gasteiger partial charge in [-0.15, -0.1) is 0 Å². The molecular formula is C27H24F2N4O5. The van der Waals surface area contributed by atoms with Gasteiger partial charge in [0.1, 0.15) is 18.0 Å². The van der Waals surface area contributed by atoms with Crippen molar-refractivity contribution in [1.82, 2.24) is 9.58 Å². The Morgan fingerprint density at radius 3 is 2.71 bits per heavy atom. The smallest absolute Gasteiger partial charge is 0.278 e. The quantitative estimate of drug-likeness (QED) is 0.526. The van der Waals surface area contributed by atoms with Gasteiger partial charge in [-0.2, -0.15) is 0 Å². The molecule has 1 amide bonds. The number of para-hydroxylation sites is 1. The SMILES string of the molecule is CC1(C)Oc2cccc3c2N1Cc1c(ccc(F)c1F)C3N1C2COCCN2C(=O)c2c(O)c(=O)ccn21. The van der Waals surface area contributed by atoms with E-state index in [1.807, 2.05) is 36.9 Å². The summed E-state index contributed by atoms with van der Waals surface area (Å²) in [5, 5.41) is 12.5. The van der Waals surface area contributed by atoms with E-state index in [9.17, 15) is 19.1 Å². The van der Waals surface area contributed by atoms with Crippen molar-refractivity contribution in [3.8, 4) is 11.5 Å². The highest BCUT2D eigenvalue weighted by Gasteiger charge is 2.49. The number of aromatic hydroxyl groups is 1. The van der Waals surface area contributed by atoms with E-state index in [4.69, 9.17) is 9.47 Å². The average molecular weight is 523 g/mol. The highest BCUT2D eigenvalue weighted by Crippen LogP contribution is 2.52. The fourth-order valence-electron chi connectivity index (χ4n) is 6.16. The number of rotatable bonds is 1. The molecule has 0 radical (unpaired) electrons. The number of morpholine rings is 1. The zero-order valence-corrected chi connectivity index (χ0v) is 20.6. The van der Waals surface area contributed by atoms with Crippen LogP contribution in [0.1, 0.15) is 47.1 Å². The van der Waals surface area contributed by atoms with Gasteiger partial charge in [0.25, 0.3) is 5.91 Å². The fourth-order valence-corrected chi connectivity index (χ4v) is 6.16. The average Bonchev–Trinajstić information content (AvgIpc) is 3.05. The van der Waals surface area contributed by atoms with E-state index >= 15 is 4.39 Å². The normalized spacial score (nSPS) is 22.7. The summed E-state index contributed by atoms with van der Waals surface area (Å²) >= 11 is 0. The summed E-state index contributed by atoms with van der Waals surface area (Å²) in [7, 11) is 0. The molecule has 0 spiro atoms. The van der Waals surface area contributed by atoms with Gasteiger partial charge in [-0.3, -0.25) is 19.3 Å². The first-order valence-corrected chi connectivity index (χ1v) is 12.4. The van der Waals surface area contributed by atoms with Crippen LogP contribution in [0.5, 0.6) is 11.5 Å². The van der Waals surface area contributed by atoms with Crippen molar-refractivity contribution < 1.29 is 28.2 Å². The third kappa shape index (κ3) is 2.93. The van der Waals surface area contributed by atoms with Gasteiger partial charge in [-0.1, -0.05) is 18.2 Å². The molecule has 4 aliphatic heterocycles. The maximum Gasteiger partial charge on any atom is 0.278 e. The predicted molar refractivity (Wildman–Crippen MR) is 132 cm³/mol. The van der Waals surface area contributed by atoms with E-state index in [0.29, 0.717) is 11.3 Å². The molecule has 196 valence electrons. The van der Waals surface area contributed by atoms with Crippen LogP contribution in [-0.2, 0) is 11.3 Å². The second-order valence-corrected chi connectivity index (χ2v) is 10.3. The first-order chi connectivity index (χ1) is 18.2. The Morgan fingerprint density at radius 2 is 1.89 bits per heavy atom. The van der Waals surface area contributed by atoms with Crippen molar-refractivity contribution in [2.75, 3.05) is 29.7 Å². The first kappa shape index (κ1) is 23.0. The minimum absolute atomic E-state index is 0.0480. The second kappa shape index (κ2) is 7.70. The Kier molecular flexibility index (Phi) is 4.67. The minimum atomic E-state index is -0.968. The third-order valence-corrected chi connectivity index (χ3v) is 7.89. The maximum atomic E-state index is 15.6. The summed E-state index contributed by atoms with van der Waals surface area (Å²) in [6.45, 7) is 4.42. The van der Waals surface area contributed by atoms with E-state index in [1.54, 1.807) is 16.0 Å². The first-order valence-electron chi connectivity index (χ1n) is 12.4. The molecule has 3 aromatic rings. The van der Waals surface area contributed by atoms with E-state index < -0.39 is 46.7 Å². The largest absolute Gasteiger partial charge is 0.502 e. The molecule has 7 rings (SSSR count). The van der Waals surface area contributed by atoms with Gasteiger partial charge >= 0.3 is 0 Å². The van der Waals surface area contributed by atoms with Crippen molar-refractivity contribution in [1.29, 1.82) is 0 Å². The molecule has 4 aliphatic rings. The van der Waals surface area contributed by atoms with Crippen molar-refractivity contribution in [3.05, 3.63) is 86.8 Å². The lowest BCUT2D eigenvalue weighted by Crippen LogP contribution is -2.66. The molecule has 5 heterocycles. The summed E-state index contributed by atoms with van der Waals surface area (Å²) in [5.41, 5.74) is 0.390. The van der Waals surface area contributed by atoms with E-state index in [1.165, 1.54) is 16.9 Å². The molecule has 38 heavy (non-hydrogen) atoms. The topological polar surface area (TPSA) is 87.5 Å². The second-order valence-electron chi connectivity index (χ2n) is 10.3. The highest BCUT2D eigenvalue weighted by atomic mass is 19.2. The van der Waals surface area contributed by atoms with Crippen LogP contribution in [0.4, 0.5) is 14.5 Å². The molecule has 0 aliphatic carbocycles. The maximum absolute atomic E-state index is 15.6. The van der Waals surface area contributed by atoms with E-state index in [0.717, 1.165) is 17.3 Å². The number of halogens is 2. The van der Waals surface area contributed by atoms with Crippen LogP contribution >= 0.6 is 0 Å². The lowest BCUT2D eigenvalue weighted by atomic mass is 9.92. The summed E-state index contributed by atoms with van der Waals surface area (Å²) in [4.78, 5) is 29.3. The van der Waals surface area contributed by atoms with Gasteiger partial charge in [-0.05, 0) is 31.5 Å². The molecule has 9 nitrogen and oxygen atoms in total. The number of hydrogen-bond donors (Lipinski definition) is 1. The van der Waals surface area contributed by atoms with Crippen molar-refractivity contribution in [2.45, 2.75) is 38.3 Å². The molecule has 2 atom stereocenters. The Hall–Kier alpha value is -4.12. The fraction of sp³-hybridized carbons (Fsp3) is 0.333. The number of aromatic nitrogens is 1. The van der Waals surface area contributed by atoms with E-state index in [-0.39, 0.29) is 37.6 Å². The number of fused-ring (bicyclic) bond motifs is 3. The van der Waals surface area contributed by atoms with Crippen LogP contribution in [0.2, 0.25) is 0 Å². The van der Waals surface area contributed by atoms with Crippen LogP contribution in [-0.4, -0.2) is 52.2 Å². The number of nitrogens with zero attached hydrogens (tertiary/aromatic N) is 4. The summed E-state index contributed by atoms with van der Waals surface area (Å²) in [5.74, 6) is -2.51. The predicted octanol–water partition coefficient (Wildman–Crippen LogP) is 2.82. The Morgan fingerprint density at radius 1 is 1.08 bits per heavy atom. The summed E-state index contributed by atoms with van der Waals surface area (Å²) < 4.78 is 43.7. The highest BCUT2D eigenvalue weighted by molar-refractivity contribution is 5.96. The van der Waals surface area contributed by atoms with Crippen LogP contribution in [0, 0.1) is 11.6 Å². The Balaban J connectivity index is 1.57. The molecule has 11 heteroatoms. The standard InChI is InChI=1S/C27H24F2N4O5/c1-27(2)31-12-16-14(6-7-17(28)21(16)29)22(15-4-3-5-19(38-27)23(15)31)33-20-13-37-11-10-30(20)26(36)24-25(35)18(34)8-9-32(24)33/h3-9,20,22,35H,10-13H2,1-2H3. The number of anilines is 1. The van der Waals surface area contributed by atoms with Gasteiger partial charge in [0, 0.05) is 29.9 Å². The number of benzene rings is 2. The zero-order chi connectivity index (χ0) is 26.5. The molecule has 2 aromatic carbocycles. The van der Waals surface area contributed by atoms with Crippen LogP contribution < -0.4 is 20.1 Å². The monoisotopic (exact) mass is 522 g/mol.